The highest BCUT2D eigenvalue weighted by atomic mass is 32.1. The van der Waals surface area contributed by atoms with Crippen LogP contribution in [0, 0.1) is 6.92 Å². The van der Waals surface area contributed by atoms with Gasteiger partial charge in [-0.1, -0.05) is 22.6 Å². The molecule has 14 heteroatoms. The number of carbonyl (C=O) groups excluding carboxylic acids is 1. The smallest absolute Gasteiger partial charge is 0.375 e. The molecule has 2 aromatic carbocycles. The van der Waals surface area contributed by atoms with Gasteiger partial charge in [-0.25, -0.2) is 9.67 Å². The van der Waals surface area contributed by atoms with E-state index in [1.807, 2.05) is 11.8 Å². The number of halogens is 3. The molecular formula is C30H34F3N9OS. The van der Waals surface area contributed by atoms with Gasteiger partial charge in [0.05, 0.1) is 22.3 Å². The molecule has 2 aromatic heterocycles. The van der Waals surface area contributed by atoms with Crippen LogP contribution < -0.4 is 16.0 Å². The second kappa shape index (κ2) is 12.2. The van der Waals surface area contributed by atoms with Gasteiger partial charge < -0.3 is 20.9 Å². The van der Waals surface area contributed by atoms with Gasteiger partial charge in [-0.05, 0) is 62.7 Å². The van der Waals surface area contributed by atoms with E-state index < -0.39 is 17.6 Å². The van der Waals surface area contributed by atoms with Crippen molar-refractivity contribution in [1.29, 1.82) is 0 Å². The zero-order valence-corrected chi connectivity index (χ0v) is 25.3. The van der Waals surface area contributed by atoms with Crippen LogP contribution in [0.1, 0.15) is 34.3 Å². The second-order valence-electron chi connectivity index (χ2n) is 11.4. The molecule has 4 aromatic rings. The molecule has 0 radical (unpaired) electrons. The summed E-state index contributed by atoms with van der Waals surface area (Å²) in [4.78, 5) is 24.9. The Kier molecular flexibility index (Phi) is 8.31. The second-order valence-corrected chi connectivity index (χ2v) is 12.5. The van der Waals surface area contributed by atoms with Crippen molar-refractivity contribution in [2.24, 2.45) is 0 Å². The van der Waals surface area contributed by atoms with Crippen LogP contribution in [0.25, 0.3) is 16.3 Å². The van der Waals surface area contributed by atoms with Gasteiger partial charge in [0, 0.05) is 68.4 Å². The third-order valence-corrected chi connectivity index (χ3v) is 9.22. The molecule has 2 fully saturated rings. The molecule has 2 aliphatic rings. The number of alkyl halides is 3. The molecular weight excluding hydrogens is 591 g/mol. The third-order valence-electron chi connectivity index (χ3n) is 8.37. The Labute approximate surface area is 257 Å². The van der Waals surface area contributed by atoms with Crippen molar-refractivity contribution in [2.45, 2.75) is 32.0 Å². The maximum Gasteiger partial charge on any atom is 0.416 e. The van der Waals surface area contributed by atoms with E-state index in [2.05, 4.69) is 37.5 Å². The average molecular weight is 626 g/mol. The number of anilines is 3. The van der Waals surface area contributed by atoms with Crippen molar-refractivity contribution >= 4 is 33.8 Å². The van der Waals surface area contributed by atoms with Gasteiger partial charge >= 0.3 is 6.18 Å². The first-order valence-corrected chi connectivity index (χ1v) is 15.3. The number of hydrogen-bond acceptors (Lipinski definition) is 9. The normalized spacial score (nSPS) is 17.2. The van der Waals surface area contributed by atoms with E-state index in [1.165, 1.54) is 17.4 Å². The van der Waals surface area contributed by atoms with Gasteiger partial charge in [-0.15, -0.1) is 5.10 Å². The summed E-state index contributed by atoms with van der Waals surface area (Å²) in [5.41, 5.74) is 7.79. The molecule has 44 heavy (non-hydrogen) atoms. The number of nitrogen functional groups attached to an aromatic ring is 1. The van der Waals surface area contributed by atoms with E-state index in [1.54, 1.807) is 41.3 Å². The van der Waals surface area contributed by atoms with Crippen molar-refractivity contribution in [3.8, 4) is 16.3 Å². The fraction of sp³-hybridized carbons (Fsp3) is 0.400. The number of hydrogen-bond donors (Lipinski definition) is 2. The molecule has 0 saturated carbocycles. The summed E-state index contributed by atoms with van der Waals surface area (Å²) in [5.74, 6) is -0.527. The molecule has 0 atom stereocenters. The Morgan fingerprint density at radius 2 is 1.80 bits per heavy atom. The number of piperazine rings is 1. The number of benzene rings is 2. The lowest BCUT2D eigenvalue weighted by atomic mass is 10.0. The Balaban J connectivity index is 1.19. The van der Waals surface area contributed by atoms with E-state index in [4.69, 9.17) is 5.73 Å². The number of piperidine rings is 1. The van der Waals surface area contributed by atoms with E-state index in [0.717, 1.165) is 55.5 Å². The fourth-order valence-corrected chi connectivity index (χ4v) is 6.44. The molecule has 2 aliphatic heterocycles. The first kappa shape index (κ1) is 30.0. The molecule has 1 amide bonds. The maximum absolute atomic E-state index is 14.0. The fourth-order valence-electron chi connectivity index (χ4n) is 5.81. The Hall–Kier alpha value is -4.01. The molecule has 0 aliphatic carbocycles. The molecule has 2 saturated heterocycles. The summed E-state index contributed by atoms with van der Waals surface area (Å²) in [6, 6.07) is 9.26. The lowest BCUT2D eigenvalue weighted by Crippen LogP contribution is -2.52. The third kappa shape index (κ3) is 6.56. The minimum absolute atomic E-state index is 0.0916. The molecule has 6 rings (SSSR count). The summed E-state index contributed by atoms with van der Waals surface area (Å²) in [7, 11) is 2.12. The number of nitrogens with one attached hydrogen (secondary N) is 1. The predicted molar refractivity (Wildman–Crippen MR) is 165 cm³/mol. The highest BCUT2D eigenvalue weighted by molar-refractivity contribution is 7.18. The number of amides is 1. The van der Waals surface area contributed by atoms with Crippen LogP contribution in [-0.4, -0.2) is 88.0 Å². The SMILES string of the molecule is Cc1ccc(C(=O)Nc2cc(N3CCC(N4CCN(C)CC4)CC3)cc(C(F)(F)F)c2)cc1-n1cc(-c2cnc(N)s2)nn1. The van der Waals surface area contributed by atoms with Gasteiger partial charge in [-0.2, -0.15) is 13.2 Å². The summed E-state index contributed by atoms with van der Waals surface area (Å²) in [5, 5.41) is 11.5. The highest BCUT2D eigenvalue weighted by Crippen LogP contribution is 2.36. The van der Waals surface area contributed by atoms with Gasteiger partial charge in [0.25, 0.3) is 5.91 Å². The lowest BCUT2D eigenvalue weighted by Gasteiger charge is -2.42. The Morgan fingerprint density at radius 1 is 1.05 bits per heavy atom. The van der Waals surface area contributed by atoms with Crippen molar-refractivity contribution < 1.29 is 18.0 Å². The van der Waals surface area contributed by atoms with Crippen LogP contribution in [0.2, 0.25) is 0 Å². The number of carbonyl (C=O) groups is 1. The zero-order valence-electron chi connectivity index (χ0n) is 24.5. The molecule has 0 spiro atoms. The van der Waals surface area contributed by atoms with Crippen molar-refractivity contribution in [3.05, 3.63) is 65.5 Å². The first-order chi connectivity index (χ1) is 21.0. The highest BCUT2D eigenvalue weighted by Gasteiger charge is 2.33. The molecule has 232 valence electrons. The number of aromatic nitrogens is 4. The van der Waals surface area contributed by atoms with E-state index in [-0.39, 0.29) is 11.3 Å². The van der Waals surface area contributed by atoms with Gasteiger partial charge in [0.2, 0.25) is 0 Å². The number of nitrogens with zero attached hydrogens (tertiary/aromatic N) is 7. The summed E-state index contributed by atoms with van der Waals surface area (Å²) in [6.07, 6.45) is 0.535. The maximum atomic E-state index is 14.0. The molecule has 3 N–H and O–H groups in total. The minimum atomic E-state index is -4.56. The molecule has 0 bridgehead atoms. The summed E-state index contributed by atoms with van der Waals surface area (Å²) >= 11 is 1.28. The van der Waals surface area contributed by atoms with Crippen molar-refractivity contribution in [1.82, 2.24) is 29.8 Å². The number of thiazole rings is 1. The molecule has 0 unspecified atom stereocenters. The van der Waals surface area contributed by atoms with Crippen LogP contribution in [0.5, 0.6) is 0 Å². The Morgan fingerprint density at radius 3 is 2.48 bits per heavy atom. The Bertz CT molecular complexity index is 1640. The molecule has 10 nitrogen and oxygen atoms in total. The van der Waals surface area contributed by atoms with Gasteiger partial charge in [0.1, 0.15) is 5.69 Å². The van der Waals surface area contributed by atoms with Crippen molar-refractivity contribution in [2.75, 3.05) is 62.3 Å². The average Bonchev–Trinajstić information content (AvgIpc) is 3.67. The largest absolute Gasteiger partial charge is 0.416 e. The monoisotopic (exact) mass is 625 g/mol. The lowest BCUT2D eigenvalue weighted by molar-refractivity contribution is -0.137. The van der Waals surface area contributed by atoms with Gasteiger partial charge in [0.15, 0.2) is 5.13 Å². The molecule has 4 heterocycles. The van der Waals surface area contributed by atoms with E-state index >= 15 is 0 Å². The summed E-state index contributed by atoms with van der Waals surface area (Å²) in [6.45, 7) is 7.27. The summed E-state index contributed by atoms with van der Waals surface area (Å²) < 4.78 is 43.4. The predicted octanol–water partition coefficient (Wildman–Crippen LogP) is 4.77. The van der Waals surface area contributed by atoms with Gasteiger partial charge in [-0.3, -0.25) is 9.69 Å². The quantitative estimate of drug-likeness (QED) is 0.316. The van der Waals surface area contributed by atoms with Crippen molar-refractivity contribution in [3.63, 3.8) is 0 Å². The van der Waals surface area contributed by atoms with Crippen LogP contribution >= 0.6 is 11.3 Å². The van der Waals surface area contributed by atoms with Crippen LogP contribution in [0.15, 0.2) is 48.8 Å². The number of likely N-dealkylation sites (N-methyl/N-ethyl adjacent to an activating group) is 1. The minimum Gasteiger partial charge on any atom is -0.375 e. The number of aryl methyl sites for hydroxylation is 1. The van der Waals surface area contributed by atoms with Crippen LogP contribution in [0.3, 0.4) is 0 Å². The first-order valence-electron chi connectivity index (χ1n) is 14.5. The van der Waals surface area contributed by atoms with Crippen LogP contribution in [-0.2, 0) is 6.18 Å². The topological polar surface area (TPSA) is 108 Å². The van der Waals surface area contributed by atoms with E-state index in [0.29, 0.717) is 41.3 Å². The zero-order chi connectivity index (χ0) is 31.0. The number of rotatable bonds is 6. The van der Waals surface area contributed by atoms with Crippen LogP contribution in [0.4, 0.5) is 29.7 Å². The number of nitrogens with two attached hydrogens (primary N) is 1. The van der Waals surface area contributed by atoms with E-state index in [9.17, 15) is 18.0 Å². The standard InChI is InChI=1S/C30H34F3N9OS/c1-19-3-4-20(13-26(19)42-18-25(37-38-42)27-17-35-29(34)44-27)28(43)36-22-14-21(30(31,32)33)15-24(16-22)40-7-5-23(6-8-40)41-11-9-39(2)10-12-41/h3-4,13-18,23H,5-12H2,1-2H3,(H2,34,35)(H,36,43).